The van der Waals surface area contributed by atoms with Gasteiger partial charge in [0.25, 0.3) is 5.91 Å². The molecule has 0 atom stereocenters. The van der Waals surface area contributed by atoms with Crippen molar-refractivity contribution in [2.75, 3.05) is 6.54 Å². The maximum absolute atomic E-state index is 12.3. The first kappa shape index (κ1) is 14.5. The summed E-state index contributed by atoms with van der Waals surface area (Å²) in [6.07, 6.45) is -4.46. The summed E-state index contributed by atoms with van der Waals surface area (Å²) in [6, 6.07) is 3.78. The molecule has 1 aromatic rings. The van der Waals surface area contributed by atoms with E-state index in [4.69, 9.17) is 11.6 Å². The molecule has 0 aliphatic heterocycles. The minimum atomic E-state index is -4.43. The number of benzene rings is 1. The van der Waals surface area contributed by atoms with Gasteiger partial charge < -0.3 is 5.32 Å². The van der Waals surface area contributed by atoms with Crippen LogP contribution >= 0.6 is 11.6 Å². The lowest BCUT2D eigenvalue weighted by atomic mass is 10.1. The average Bonchev–Trinajstić information content (AvgIpc) is 2.27. The van der Waals surface area contributed by atoms with Crippen molar-refractivity contribution in [3.63, 3.8) is 0 Å². The quantitative estimate of drug-likeness (QED) is 0.861. The van der Waals surface area contributed by atoms with Crippen molar-refractivity contribution in [3.8, 4) is 0 Å². The highest BCUT2D eigenvalue weighted by Crippen LogP contribution is 2.28. The molecule has 0 unspecified atom stereocenters. The molecule has 98 valence electrons. The van der Waals surface area contributed by atoms with Crippen LogP contribution in [0.1, 0.15) is 22.3 Å². The van der Waals surface area contributed by atoms with Gasteiger partial charge in [0.15, 0.2) is 0 Å². The number of hydrogen-bond acceptors (Lipinski definition) is 2. The van der Waals surface area contributed by atoms with Gasteiger partial charge in [0.1, 0.15) is 0 Å². The summed E-state index contributed by atoms with van der Waals surface area (Å²) in [5.74, 6) is -0.554. The molecule has 0 bridgehead atoms. The Bertz CT molecular complexity index is 443. The van der Waals surface area contributed by atoms with Crippen molar-refractivity contribution < 1.29 is 22.8 Å². The van der Waals surface area contributed by atoms with E-state index < -0.39 is 22.9 Å². The highest BCUT2D eigenvalue weighted by molar-refractivity contribution is 6.63. The van der Waals surface area contributed by atoms with E-state index in [1.807, 2.05) is 0 Å². The third-order valence-electron chi connectivity index (χ3n) is 2.08. The Morgan fingerprint density at radius 2 is 1.72 bits per heavy atom. The van der Waals surface area contributed by atoms with Crippen molar-refractivity contribution in [2.24, 2.45) is 0 Å². The minimum absolute atomic E-state index is 0.0338. The summed E-state index contributed by atoms with van der Waals surface area (Å²) >= 11 is 5.06. The number of hydrogen-bond donors (Lipinski definition) is 1. The lowest BCUT2D eigenvalue weighted by Crippen LogP contribution is -2.25. The van der Waals surface area contributed by atoms with Gasteiger partial charge in [-0.1, -0.05) is 0 Å². The van der Waals surface area contributed by atoms with Crippen LogP contribution in [0.5, 0.6) is 0 Å². The molecule has 1 amide bonds. The highest BCUT2D eigenvalue weighted by atomic mass is 35.5. The summed E-state index contributed by atoms with van der Waals surface area (Å²) in [6.45, 7) is 0.0438. The van der Waals surface area contributed by atoms with E-state index in [0.29, 0.717) is 0 Å². The number of carbonyl (C=O) groups excluding carboxylic acids is 2. The fourth-order valence-corrected chi connectivity index (χ4v) is 1.28. The number of alkyl halides is 3. The van der Waals surface area contributed by atoms with Gasteiger partial charge in [0, 0.05) is 18.5 Å². The topological polar surface area (TPSA) is 46.2 Å². The zero-order valence-corrected chi connectivity index (χ0v) is 9.81. The first-order chi connectivity index (χ1) is 8.30. The van der Waals surface area contributed by atoms with E-state index in [-0.39, 0.29) is 18.5 Å². The first-order valence-corrected chi connectivity index (χ1v) is 5.32. The predicted octanol–water partition coefficient (Wildman–Crippen LogP) is 2.59. The molecular weight excluding hydrogens is 271 g/mol. The van der Waals surface area contributed by atoms with Crippen molar-refractivity contribution in [2.45, 2.75) is 12.6 Å². The Labute approximate surface area is 106 Å². The third kappa shape index (κ3) is 4.37. The van der Waals surface area contributed by atoms with Crippen LogP contribution in [0.4, 0.5) is 13.2 Å². The molecule has 1 N–H and O–H groups in total. The van der Waals surface area contributed by atoms with Gasteiger partial charge in [-0.25, -0.2) is 0 Å². The molecule has 0 aliphatic rings. The maximum atomic E-state index is 12.3. The predicted molar refractivity (Wildman–Crippen MR) is 59.3 cm³/mol. The van der Waals surface area contributed by atoms with Crippen LogP contribution in [0.15, 0.2) is 24.3 Å². The fourth-order valence-electron chi connectivity index (χ4n) is 1.19. The lowest BCUT2D eigenvalue weighted by Gasteiger charge is -2.07. The number of halogens is 4. The van der Waals surface area contributed by atoms with E-state index >= 15 is 0 Å². The van der Waals surface area contributed by atoms with Crippen LogP contribution in [0, 0.1) is 0 Å². The monoisotopic (exact) mass is 279 g/mol. The molecular formula is C11H9ClF3NO2. The molecule has 0 aromatic heterocycles. The number of amides is 1. The van der Waals surface area contributed by atoms with Gasteiger partial charge in [-0.3, -0.25) is 9.59 Å². The van der Waals surface area contributed by atoms with E-state index in [9.17, 15) is 22.8 Å². The Balaban J connectivity index is 2.62. The first-order valence-electron chi connectivity index (χ1n) is 4.94. The second-order valence-electron chi connectivity index (χ2n) is 3.44. The van der Waals surface area contributed by atoms with E-state index in [1.54, 1.807) is 0 Å². The molecule has 0 fully saturated rings. The molecule has 7 heteroatoms. The molecule has 0 heterocycles. The molecule has 0 saturated heterocycles. The van der Waals surface area contributed by atoms with Crippen molar-refractivity contribution in [1.29, 1.82) is 0 Å². The summed E-state index contributed by atoms with van der Waals surface area (Å²) in [5.41, 5.74) is -0.736. The van der Waals surface area contributed by atoms with Gasteiger partial charge in [-0.15, -0.1) is 0 Å². The zero-order valence-electron chi connectivity index (χ0n) is 9.05. The van der Waals surface area contributed by atoms with Crippen LogP contribution in [0.2, 0.25) is 0 Å². The third-order valence-corrected chi connectivity index (χ3v) is 2.27. The van der Waals surface area contributed by atoms with Gasteiger partial charge >= 0.3 is 6.18 Å². The molecule has 0 aliphatic carbocycles. The molecule has 0 spiro atoms. The van der Waals surface area contributed by atoms with Gasteiger partial charge in [0.2, 0.25) is 5.24 Å². The van der Waals surface area contributed by atoms with E-state index in [0.717, 1.165) is 24.3 Å². The van der Waals surface area contributed by atoms with E-state index in [2.05, 4.69) is 5.32 Å². The number of rotatable bonds is 4. The van der Waals surface area contributed by atoms with Crippen LogP contribution < -0.4 is 5.32 Å². The summed E-state index contributed by atoms with van der Waals surface area (Å²) < 4.78 is 36.8. The van der Waals surface area contributed by atoms with Crippen LogP contribution in [-0.4, -0.2) is 17.7 Å². The molecule has 0 radical (unpaired) electrons. The van der Waals surface area contributed by atoms with Gasteiger partial charge in [-0.2, -0.15) is 13.2 Å². The average molecular weight is 280 g/mol. The normalized spacial score (nSPS) is 11.1. The Kier molecular flexibility index (Phi) is 4.72. The zero-order chi connectivity index (χ0) is 13.8. The summed E-state index contributed by atoms with van der Waals surface area (Å²) in [7, 11) is 0. The standard InChI is InChI=1S/C11H9ClF3NO2/c12-9(17)5-6-16-10(18)7-1-3-8(4-2-7)11(13,14)15/h1-4H,5-6H2,(H,16,18). The van der Waals surface area contributed by atoms with Gasteiger partial charge in [-0.05, 0) is 35.9 Å². The summed E-state index contributed by atoms with van der Waals surface area (Å²) in [4.78, 5) is 21.8. The van der Waals surface area contributed by atoms with Crippen molar-refractivity contribution in [1.82, 2.24) is 5.32 Å². The largest absolute Gasteiger partial charge is 0.416 e. The highest BCUT2D eigenvalue weighted by Gasteiger charge is 2.30. The van der Waals surface area contributed by atoms with Crippen LogP contribution in [-0.2, 0) is 11.0 Å². The Morgan fingerprint density at radius 3 is 2.17 bits per heavy atom. The summed E-state index contributed by atoms with van der Waals surface area (Å²) in [5, 5.41) is 1.77. The van der Waals surface area contributed by atoms with Crippen molar-refractivity contribution >= 4 is 22.8 Å². The SMILES string of the molecule is O=C(Cl)CCNC(=O)c1ccc(C(F)(F)F)cc1. The molecule has 0 saturated carbocycles. The van der Waals surface area contributed by atoms with Crippen LogP contribution in [0.25, 0.3) is 0 Å². The Hall–Kier alpha value is -1.56. The molecule has 1 rings (SSSR count). The Morgan fingerprint density at radius 1 is 1.17 bits per heavy atom. The number of carbonyl (C=O) groups is 2. The van der Waals surface area contributed by atoms with E-state index in [1.165, 1.54) is 0 Å². The smallest absolute Gasteiger partial charge is 0.352 e. The van der Waals surface area contributed by atoms with Crippen LogP contribution in [0.3, 0.4) is 0 Å². The maximum Gasteiger partial charge on any atom is 0.416 e. The van der Waals surface area contributed by atoms with Gasteiger partial charge in [0.05, 0.1) is 5.56 Å². The minimum Gasteiger partial charge on any atom is -0.352 e. The van der Waals surface area contributed by atoms with Crippen molar-refractivity contribution in [3.05, 3.63) is 35.4 Å². The molecule has 3 nitrogen and oxygen atoms in total. The second-order valence-corrected chi connectivity index (χ2v) is 3.86. The molecule has 1 aromatic carbocycles. The lowest BCUT2D eigenvalue weighted by molar-refractivity contribution is -0.137. The molecule has 18 heavy (non-hydrogen) atoms. The second kappa shape index (κ2) is 5.86. The number of nitrogens with one attached hydrogen (secondary N) is 1. The fraction of sp³-hybridized carbons (Fsp3) is 0.273.